The summed E-state index contributed by atoms with van der Waals surface area (Å²) in [6.45, 7) is 3.52. The van der Waals surface area contributed by atoms with Gasteiger partial charge in [0.25, 0.3) is 11.8 Å². The Morgan fingerprint density at radius 3 is 2.33 bits per heavy atom. The minimum atomic E-state index is -0.650. The predicted octanol–water partition coefficient (Wildman–Crippen LogP) is 6.45. The van der Waals surface area contributed by atoms with Gasteiger partial charge < -0.3 is 25.1 Å². The lowest BCUT2D eigenvalue weighted by Crippen LogP contribution is -2.25. The van der Waals surface area contributed by atoms with Crippen molar-refractivity contribution in [2.45, 2.75) is 30.4 Å². The molecule has 0 radical (unpaired) electrons. The number of rotatable bonds is 10. The molecule has 2 aromatic carbocycles. The summed E-state index contributed by atoms with van der Waals surface area (Å²) in [5.74, 6) is -1.57. The molecule has 4 rings (SSSR count). The van der Waals surface area contributed by atoms with Crippen LogP contribution in [-0.2, 0) is 9.53 Å². The van der Waals surface area contributed by atoms with Gasteiger partial charge in [0.2, 0.25) is 5.91 Å². The molecule has 2 heterocycles. The highest BCUT2D eigenvalue weighted by Gasteiger charge is 2.28. The lowest BCUT2D eigenvalue weighted by atomic mass is 10.1. The van der Waals surface area contributed by atoms with Crippen molar-refractivity contribution < 1.29 is 28.3 Å². The molecule has 0 saturated carbocycles. The topological polar surface area (TPSA) is 127 Å². The maximum absolute atomic E-state index is 13.4. The fraction of sp³-hybridized carbons (Fsp3) is 0.172. The lowest BCUT2D eigenvalue weighted by molar-refractivity contribution is -0.115. The van der Waals surface area contributed by atoms with E-state index in [1.54, 1.807) is 61.5 Å². The summed E-state index contributed by atoms with van der Waals surface area (Å²) in [4.78, 5) is 52.4. The summed E-state index contributed by atoms with van der Waals surface area (Å²) in [5.41, 5.74) is 1.72. The van der Waals surface area contributed by atoms with Crippen molar-refractivity contribution in [2.24, 2.45) is 0 Å². The van der Waals surface area contributed by atoms with Gasteiger partial charge in [-0.1, -0.05) is 31.2 Å². The Morgan fingerprint density at radius 1 is 0.925 bits per heavy atom. The SMILES string of the molecule is CCC(Sc1cccc(NC(=O)c2ccco2)c1)C(=O)Nc1sc(C(=O)Nc2ccccc2)c(C)c1C(=O)OC. The number of nitrogens with one attached hydrogen (secondary N) is 3. The van der Waals surface area contributed by atoms with E-state index < -0.39 is 17.1 Å². The second-order valence-corrected chi connectivity index (χ2v) is 10.8. The van der Waals surface area contributed by atoms with Gasteiger partial charge in [0, 0.05) is 16.3 Å². The quantitative estimate of drug-likeness (QED) is 0.146. The zero-order valence-corrected chi connectivity index (χ0v) is 23.6. The van der Waals surface area contributed by atoms with Crippen molar-refractivity contribution in [1.82, 2.24) is 0 Å². The fourth-order valence-corrected chi connectivity index (χ4v) is 5.91. The van der Waals surface area contributed by atoms with Crippen LogP contribution in [0.1, 0.15) is 49.5 Å². The molecule has 0 aliphatic rings. The van der Waals surface area contributed by atoms with Crippen LogP contribution in [0.15, 0.2) is 82.3 Å². The number of thiophene rings is 1. The molecule has 9 nitrogen and oxygen atoms in total. The van der Waals surface area contributed by atoms with Gasteiger partial charge in [-0.3, -0.25) is 14.4 Å². The van der Waals surface area contributed by atoms with E-state index in [2.05, 4.69) is 16.0 Å². The first kappa shape index (κ1) is 28.7. The van der Waals surface area contributed by atoms with E-state index in [1.165, 1.54) is 25.1 Å². The highest BCUT2D eigenvalue weighted by Crippen LogP contribution is 2.36. The predicted molar refractivity (Wildman–Crippen MR) is 156 cm³/mol. The molecule has 1 atom stereocenters. The van der Waals surface area contributed by atoms with E-state index in [0.29, 0.717) is 28.2 Å². The van der Waals surface area contributed by atoms with Crippen LogP contribution in [0.3, 0.4) is 0 Å². The zero-order chi connectivity index (χ0) is 28.6. The van der Waals surface area contributed by atoms with Gasteiger partial charge in [-0.05, 0) is 61.4 Å². The summed E-state index contributed by atoms with van der Waals surface area (Å²) in [6.07, 6.45) is 1.91. The highest BCUT2D eigenvalue weighted by atomic mass is 32.2. The average Bonchev–Trinajstić information content (AvgIpc) is 3.60. The first-order chi connectivity index (χ1) is 19.3. The molecule has 206 valence electrons. The molecule has 40 heavy (non-hydrogen) atoms. The number of anilines is 3. The number of furan rings is 1. The van der Waals surface area contributed by atoms with E-state index in [1.807, 2.05) is 19.1 Å². The Morgan fingerprint density at radius 2 is 1.65 bits per heavy atom. The zero-order valence-electron chi connectivity index (χ0n) is 22.0. The van der Waals surface area contributed by atoms with E-state index in [4.69, 9.17) is 9.15 Å². The molecule has 0 aliphatic carbocycles. The number of carbonyl (C=O) groups is 4. The van der Waals surface area contributed by atoms with Crippen molar-refractivity contribution in [1.29, 1.82) is 0 Å². The number of methoxy groups -OCH3 is 1. The molecule has 2 aromatic heterocycles. The number of esters is 1. The monoisotopic (exact) mass is 577 g/mol. The maximum Gasteiger partial charge on any atom is 0.341 e. The molecule has 0 bridgehead atoms. The van der Waals surface area contributed by atoms with Gasteiger partial charge in [0.05, 0.1) is 29.1 Å². The van der Waals surface area contributed by atoms with Gasteiger partial charge in [0.1, 0.15) is 5.00 Å². The Hall–Kier alpha value is -4.35. The number of ether oxygens (including phenoxy) is 1. The van der Waals surface area contributed by atoms with Crippen molar-refractivity contribution in [3.63, 3.8) is 0 Å². The summed E-state index contributed by atoms with van der Waals surface area (Å²) in [5, 5.41) is 8.14. The molecule has 4 aromatic rings. The number of hydrogen-bond donors (Lipinski definition) is 3. The summed E-state index contributed by atoms with van der Waals surface area (Å²) in [6, 6.07) is 19.3. The van der Waals surface area contributed by atoms with Gasteiger partial charge in [-0.15, -0.1) is 23.1 Å². The second-order valence-electron chi connectivity index (χ2n) is 8.54. The maximum atomic E-state index is 13.4. The fourth-order valence-electron chi connectivity index (χ4n) is 3.80. The number of hydrogen-bond acceptors (Lipinski definition) is 8. The summed E-state index contributed by atoms with van der Waals surface area (Å²) >= 11 is 2.33. The Labute approximate surface area is 239 Å². The first-order valence-corrected chi connectivity index (χ1v) is 14.0. The Balaban J connectivity index is 1.50. The van der Waals surface area contributed by atoms with Gasteiger partial charge in [-0.25, -0.2) is 4.79 Å². The molecule has 11 heteroatoms. The van der Waals surface area contributed by atoms with E-state index >= 15 is 0 Å². The van der Waals surface area contributed by atoms with E-state index in [9.17, 15) is 19.2 Å². The van der Waals surface area contributed by atoms with Crippen LogP contribution in [0, 0.1) is 6.92 Å². The number of amides is 3. The Bertz CT molecular complexity index is 1520. The molecular weight excluding hydrogens is 550 g/mol. The Kier molecular flexibility index (Phi) is 9.41. The van der Waals surface area contributed by atoms with Gasteiger partial charge in [0.15, 0.2) is 5.76 Å². The molecule has 0 spiro atoms. The summed E-state index contributed by atoms with van der Waals surface area (Å²) in [7, 11) is 1.25. The minimum absolute atomic E-state index is 0.140. The van der Waals surface area contributed by atoms with Crippen LogP contribution in [0.5, 0.6) is 0 Å². The normalized spacial score (nSPS) is 11.4. The minimum Gasteiger partial charge on any atom is -0.465 e. The van der Waals surface area contributed by atoms with Crippen molar-refractivity contribution >= 4 is 63.2 Å². The molecule has 3 amide bonds. The van der Waals surface area contributed by atoms with Crippen molar-refractivity contribution in [3.05, 3.63) is 94.8 Å². The number of para-hydroxylation sites is 1. The number of benzene rings is 2. The lowest BCUT2D eigenvalue weighted by Gasteiger charge is -2.15. The third-order valence-electron chi connectivity index (χ3n) is 5.79. The first-order valence-electron chi connectivity index (χ1n) is 12.3. The van der Waals surface area contributed by atoms with Crippen LogP contribution in [0.2, 0.25) is 0 Å². The standard InChI is InChI=1S/C29H27N3O6S2/c1-4-22(39-20-13-8-12-19(16-20)31-25(33)21-14-9-15-38-21)26(34)32-28-23(29(36)37-3)17(2)24(40-28)27(35)30-18-10-6-5-7-11-18/h5-16,22H,4H2,1-3H3,(H,30,35)(H,31,33)(H,32,34). The largest absolute Gasteiger partial charge is 0.465 e. The van der Waals surface area contributed by atoms with Gasteiger partial charge in [-0.2, -0.15) is 0 Å². The molecule has 0 aliphatic heterocycles. The van der Waals surface area contributed by atoms with Crippen LogP contribution in [-0.4, -0.2) is 36.1 Å². The van der Waals surface area contributed by atoms with E-state index in [-0.39, 0.29) is 28.1 Å². The van der Waals surface area contributed by atoms with Crippen molar-refractivity contribution in [2.75, 3.05) is 23.1 Å². The highest BCUT2D eigenvalue weighted by molar-refractivity contribution is 8.00. The smallest absolute Gasteiger partial charge is 0.341 e. The van der Waals surface area contributed by atoms with Crippen molar-refractivity contribution in [3.8, 4) is 0 Å². The molecule has 0 fully saturated rings. The molecule has 3 N–H and O–H groups in total. The number of thioether (sulfide) groups is 1. The van der Waals surface area contributed by atoms with E-state index in [0.717, 1.165) is 16.2 Å². The molecule has 0 saturated heterocycles. The van der Waals surface area contributed by atoms with Crippen LogP contribution in [0.4, 0.5) is 16.4 Å². The van der Waals surface area contributed by atoms with Gasteiger partial charge >= 0.3 is 5.97 Å². The molecule has 1 unspecified atom stereocenters. The summed E-state index contributed by atoms with van der Waals surface area (Å²) < 4.78 is 10.1. The molecular formula is C29H27N3O6S2. The van der Waals surface area contributed by atoms with Crippen LogP contribution >= 0.6 is 23.1 Å². The van der Waals surface area contributed by atoms with Crippen LogP contribution in [0.25, 0.3) is 0 Å². The van der Waals surface area contributed by atoms with Crippen LogP contribution < -0.4 is 16.0 Å². The number of carbonyl (C=O) groups excluding carboxylic acids is 4. The third kappa shape index (κ3) is 6.80. The third-order valence-corrected chi connectivity index (χ3v) is 8.35. The second kappa shape index (κ2) is 13.1. The average molecular weight is 578 g/mol.